The fourth-order valence-corrected chi connectivity index (χ4v) is 5.35. The predicted molar refractivity (Wildman–Crippen MR) is 144 cm³/mol. The number of hydrogen-bond donors (Lipinski definition) is 1. The minimum absolute atomic E-state index is 0.192. The van der Waals surface area contributed by atoms with Crippen molar-refractivity contribution in [1.29, 1.82) is 0 Å². The van der Waals surface area contributed by atoms with Crippen LogP contribution in [0.25, 0.3) is 0 Å². The Bertz CT molecular complexity index is 1550. The van der Waals surface area contributed by atoms with Crippen molar-refractivity contribution < 1.29 is 19.1 Å². The number of ether oxygens (including phenoxy) is 2. The van der Waals surface area contributed by atoms with Crippen LogP contribution >= 0.6 is 11.6 Å². The average molecular weight is 544 g/mol. The number of amides is 2. The lowest BCUT2D eigenvalue weighted by Gasteiger charge is -2.38. The highest BCUT2D eigenvalue weighted by Gasteiger charge is 2.35. The zero-order valence-corrected chi connectivity index (χ0v) is 22.0. The number of nitrogens with zero attached hydrogens (tertiary/aromatic N) is 4. The van der Waals surface area contributed by atoms with Crippen LogP contribution in [0.3, 0.4) is 0 Å². The van der Waals surface area contributed by atoms with Crippen molar-refractivity contribution in [3.63, 3.8) is 0 Å². The van der Waals surface area contributed by atoms with Crippen molar-refractivity contribution in [3.8, 4) is 17.2 Å². The van der Waals surface area contributed by atoms with Crippen molar-refractivity contribution >= 4 is 23.4 Å². The zero-order chi connectivity index (χ0) is 26.9. The molecule has 1 unspecified atom stereocenters. The molecule has 2 amide bonds. The second-order valence-electron chi connectivity index (χ2n) is 9.52. The van der Waals surface area contributed by atoms with Crippen LogP contribution in [0.5, 0.6) is 17.2 Å². The monoisotopic (exact) mass is 543 g/mol. The van der Waals surface area contributed by atoms with E-state index in [9.17, 15) is 9.59 Å². The number of hydrogen-bond acceptors (Lipinski definition) is 6. The molecule has 4 aromatic rings. The van der Waals surface area contributed by atoms with Crippen molar-refractivity contribution in [2.45, 2.75) is 18.9 Å². The largest absolute Gasteiger partial charge is 0.494 e. The lowest BCUT2D eigenvalue weighted by molar-refractivity contribution is 0.0683. The van der Waals surface area contributed by atoms with Crippen LogP contribution in [0.1, 0.15) is 50.0 Å². The third kappa shape index (κ3) is 4.93. The van der Waals surface area contributed by atoms with E-state index in [0.717, 1.165) is 16.7 Å². The van der Waals surface area contributed by atoms with Crippen LogP contribution in [0.2, 0.25) is 5.02 Å². The Morgan fingerprint density at radius 2 is 1.97 bits per heavy atom. The van der Waals surface area contributed by atoms with Crippen LogP contribution < -0.4 is 14.8 Å². The molecular formula is C29H26ClN5O4. The molecule has 1 atom stereocenters. The Kier molecular flexibility index (Phi) is 6.66. The molecule has 3 aliphatic rings. The first-order valence-corrected chi connectivity index (χ1v) is 13.1. The highest BCUT2D eigenvalue weighted by Crippen LogP contribution is 2.39. The van der Waals surface area contributed by atoms with Gasteiger partial charge in [-0.1, -0.05) is 29.8 Å². The van der Waals surface area contributed by atoms with Crippen LogP contribution in [0.4, 0.5) is 0 Å². The van der Waals surface area contributed by atoms with Crippen molar-refractivity contribution in [2.24, 2.45) is 7.05 Å². The van der Waals surface area contributed by atoms with E-state index in [0.29, 0.717) is 66.1 Å². The van der Waals surface area contributed by atoms with E-state index in [4.69, 9.17) is 21.1 Å². The third-order valence-corrected chi connectivity index (χ3v) is 7.24. The number of fused-ring (bicyclic) bond motifs is 6. The standard InChI is InChI=1S/C29H26ClN5O4/c1-34-27(25(30)17-33-34)29(37)35-10-8-18-12-22-6-7-24(18)26(35)19-4-2-5-21(13-19)38-11-3-9-32-28(36)20-14-23(39-22)16-31-15-20/h2,4-7,12-17,26H,3,8-11H2,1H3,(H,32,36). The Balaban J connectivity index is 1.44. The molecule has 1 N–H and O–H groups in total. The number of carbonyl (C=O) groups excluding carboxylic acids is 2. The molecule has 0 saturated carbocycles. The molecule has 0 spiro atoms. The molecule has 5 heterocycles. The summed E-state index contributed by atoms with van der Waals surface area (Å²) in [6, 6.07) is 14.9. The van der Waals surface area contributed by atoms with Gasteiger partial charge in [0.05, 0.1) is 35.6 Å². The number of pyridine rings is 1. The maximum atomic E-state index is 13.8. The van der Waals surface area contributed by atoms with Gasteiger partial charge in [-0.15, -0.1) is 0 Å². The average Bonchev–Trinajstić information content (AvgIpc) is 3.29. The molecular weight excluding hydrogens is 518 g/mol. The molecule has 0 aliphatic carbocycles. The Morgan fingerprint density at radius 3 is 2.82 bits per heavy atom. The second kappa shape index (κ2) is 10.4. The number of nitrogens with one attached hydrogen (secondary N) is 1. The van der Waals surface area contributed by atoms with Crippen molar-refractivity contribution in [2.75, 3.05) is 19.7 Å². The van der Waals surface area contributed by atoms with Gasteiger partial charge in [0.2, 0.25) is 0 Å². The zero-order valence-electron chi connectivity index (χ0n) is 21.3. The lowest BCUT2D eigenvalue weighted by Crippen LogP contribution is -2.41. The molecule has 39 heavy (non-hydrogen) atoms. The number of rotatable bonds is 1. The molecule has 2 aromatic heterocycles. The predicted octanol–water partition coefficient (Wildman–Crippen LogP) is 4.56. The summed E-state index contributed by atoms with van der Waals surface area (Å²) >= 11 is 6.37. The van der Waals surface area contributed by atoms with Gasteiger partial charge in [-0.2, -0.15) is 5.10 Å². The van der Waals surface area contributed by atoms with Gasteiger partial charge in [0.15, 0.2) is 0 Å². The molecule has 7 rings (SSSR count). The minimum atomic E-state index is -0.368. The molecule has 10 heteroatoms. The van der Waals surface area contributed by atoms with Gasteiger partial charge in [0, 0.05) is 26.3 Å². The minimum Gasteiger partial charge on any atom is -0.494 e. The molecule has 8 bridgehead atoms. The third-order valence-electron chi connectivity index (χ3n) is 6.96. The smallest absolute Gasteiger partial charge is 0.274 e. The molecule has 0 fully saturated rings. The number of halogens is 1. The molecule has 198 valence electrons. The summed E-state index contributed by atoms with van der Waals surface area (Å²) in [5.41, 5.74) is 3.74. The van der Waals surface area contributed by atoms with Crippen LogP contribution in [-0.2, 0) is 13.5 Å². The van der Waals surface area contributed by atoms with Crippen molar-refractivity contribution in [1.82, 2.24) is 25.0 Å². The highest BCUT2D eigenvalue weighted by molar-refractivity contribution is 6.33. The first-order chi connectivity index (χ1) is 19.0. The fourth-order valence-electron chi connectivity index (χ4n) is 5.11. The normalized spacial score (nSPS) is 16.9. The summed E-state index contributed by atoms with van der Waals surface area (Å²) in [6.45, 7) is 1.34. The molecule has 0 radical (unpaired) electrons. The molecule has 0 saturated heterocycles. The van der Waals surface area contributed by atoms with E-state index in [-0.39, 0.29) is 17.9 Å². The summed E-state index contributed by atoms with van der Waals surface area (Å²) in [6.07, 6.45) is 5.83. The SMILES string of the molecule is Cn1ncc(Cl)c1C(=O)N1CCc2cc3ccc2C1c1cccc(c1)OCCCNC(=O)c1cncc(c1)O3. The van der Waals surface area contributed by atoms with E-state index in [1.165, 1.54) is 17.1 Å². The number of carbonyl (C=O) groups is 2. The van der Waals surface area contributed by atoms with E-state index >= 15 is 0 Å². The molecule has 9 nitrogen and oxygen atoms in total. The lowest BCUT2D eigenvalue weighted by atomic mass is 9.87. The number of aryl methyl sites for hydroxylation is 1. The molecule has 3 aliphatic heterocycles. The Labute approximate surface area is 230 Å². The highest BCUT2D eigenvalue weighted by atomic mass is 35.5. The van der Waals surface area contributed by atoms with E-state index in [1.54, 1.807) is 19.3 Å². The van der Waals surface area contributed by atoms with Gasteiger partial charge in [-0.05, 0) is 59.9 Å². The first-order valence-electron chi connectivity index (χ1n) is 12.7. The quantitative estimate of drug-likeness (QED) is 0.378. The maximum absolute atomic E-state index is 13.8. The van der Waals surface area contributed by atoms with Crippen LogP contribution in [0.15, 0.2) is 67.1 Å². The van der Waals surface area contributed by atoms with Gasteiger partial charge in [-0.3, -0.25) is 19.3 Å². The summed E-state index contributed by atoms with van der Waals surface area (Å²) in [7, 11) is 1.71. The van der Waals surface area contributed by atoms with E-state index in [1.807, 2.05) is 47.4 Å². The summed E-state index contributed by atoms with van der Waals surface area (Å²) < 4.78 is 13.6. The van der Waals surface area contributed by atoms with Crippen LogP contribution in [0, 0.1) is 0 Å². The van der Waals surface area contributed by atoms with E-state index in [2.05, 4.69) is 15.4 Å². The van der Waals surface area contributed by atoms with Gasteiger partial charge < -0.3 is 19.7 Å². The van der Waals surface area contributed by atoms with Gasteiger partial charge in [0.1, 0.15) is 22.9 Å². The fraction of sp³-hybridized carbons (Fsp3) is 0.241. The van der Waals surface area contributed by atoms with Crippen LogP contribution in [-0.4, -0.2) is 51.2 Å². The second-order valence-corrected chi connectivity index (χ2v) is 9.93. The number of aromatic nitrogens is 3. The summed E-state index contributed by atoms with van der Waals surface area (Å²) in [4.78, 5) is 32.5. The maximum Gasteiger partial charge on any atom is 0.274 e. The molecule has 2 aromatic carbocycles. The van der Waals surface area contributed by atoms with E-state index < -0.39 is 0 Å². The Morgan fingerprint density at radius 1 is 1.08 bits per heavy atom. The van der Waals surface area contributed by atoms with Gasteiger partial charge >= 0.3 is 0 Å². The topological polar surface area (TPSA) is 98.6 Å². The number of benzene rings is 2. The Hall–Kier alpha value is -4.37. The van der Waals surface area contributed by atoms with Gasteiger partial charge in [0.25, 0.3) is 11.8 Å². The van der Waals surface area contributed by atoms with Gasteiger partial charge in [-0.25, -0.2) is 0 Å². The van der Waals surface area contributed by atoms with Crippen molar-refractivity contribution in [3.05, 3.63) is 100 Å². The summed E-state index contributed by atoms with van der Waals surface area (Å²) in [5, 5.41) is 7.38. The first kappa shape index (κ1) is 24.9. The summed E-state index contributed by atoms with van der Waals surface area (Å²) in [5.74, 6) is 1.37.